The Bertz CT molecular complexity index is 1280. The van der Waals surface area contributed by atoms with E-state index < -0.39 is 22.7 Å². The molecule has 3 atom stereocenters. The van der Waals surface area contributed by atoms with Crippen LogP contribution in [0.5, 0.6) is 5.75 Å². The number of cyclic esters (lactones) is 1. The first kappa shape index (κ1) is 39.5. The molecule has 256 valence electrons. The molecule has 1 aromatic rings. The number of fused-ring (bicyclic) bond motifs is 1. The number of hydrogen-bond donors (Lipinski definition) is 1. The standard InChI is InChI=1S/C38H61NO5Si2/c1-13-14-15-16-26-34(40)39-27-20-24-31-28-33(44-46(11,12)38(6,7)8)29(2)21-17-18-22-30-23-19-25-32(35(30)36(41)42-31)43-45(9,10)37(3,4)5/h14-20,23,25-27,29,31,33H,13,21-22,24,28H2,1-12H3,(H,39,40)/b15-14?,18-17+,26-16-,27-20+/t29-,31-,33+/m0/s1. The molecule has 6 nitrogen and oxygen atoms in total. The first-order valence-electron chi connectivity index (χ1n) is 16.9. The van der Waals surface area contributed by atoms with Crippen molar-refractivity contribution in [3.63, 3.8) is 0 Å². The van der Waals surface area contributed by atoms with Gasteiger partial charge in [-0.25, -0.2) is 4.79 Å². The van der Waals surface area contributed by atoms with E-state index in [1.807, 2.05) is 43.4 Å². The number of ether oxygens (including phenoxy) is 1. The van der Waals surface area contributed by atoms with Crippen molar-refractivity contribution in [2.45, 2.75) is 136 Å². The first-order chi connectivity index (χ1) is 21.3. The van der Waals surface area contributed by atoms with E-state index in [1.54, 1.807) is 12.3 Å². The second kappa shape index (κ2) is 16.9. The minimum Gasteiger partial charge on any atom is -0.543 e. The Labute approximate surface area is 282 Å². The van der Waals surface area contributed by atoms with Crippen LogP contribution in [0.2, 0.25) is 36.3 Å². The number of hydrogen-bond acceptors (Lipinski definition) is 5. The molecule has 2 rings (SSSR count). The molecule has 1 amide bonds. The molecule has 0 saturated carbocycles. The Morgan fingerprint density at radius 3 is 2.30 bits per heavy atom. The number of nitrogens with one attached hydrogen (secondary N) is 1. The Hall–Kier alpha value is -2.69. The van der Waals surface area contributed by atoms with Crippen molar-refractivity contribution >= 4 is 28.5 Å². The summed E-state index contributed by atoms with van der Waals surface area (Å²) in [6, 6.07) is 5.86. The molecule has 8 heteroatoms. The third-order valence-electron chi connectivity index (χ3n) is 9.63. The van der Waals surface area contributed by atoms with Gasteiger partial charge in [-0.1, -0.05) is 104 Å². The second-order valence-corrected chi connectivity index (χ2v) is 25.0. The molecule has 0 unspecified atom stereocenters. The van der Waals surface area contributed by atoms with Crippen molar-refractivity contribution in [1.29, 1.82) is 0 Å². The van der Waals surface area contributed by atoms with Gasteiger partial charge in [-0.05, 0) is 73.1 Å². The number of rotatable bonds is 10. The maximum absolute atomic E-state index is 14.2. The molecule has 0 spiro atoms. The smallest absolute Gasteiger partial charge is 0.342 e. The van der Waals surface area contributed by atoms with Crippen molar-refractivity contribution in [2.24, 2.45) is 5.92 Å². The van der Waals surface area contributed by atoms with Gasteiger partial charge in [0.15, 0.2) is 8.32 Å². The van der Waals surface area contributed by atoms with E-state index in [0.717, 1.165) is 18.4 Å². The Morgan fingerprint density at radius 1 is 1.00 bits per heavy atom. The number of allylic oxidation sites excluding steroid dienone is 5. The fourth-order valence-corrected chi connectivity index (χ4v) is 7.01. The second-order valence-electron chi connectivity index (χ2n) is 15.6. The molecule has 1 aromatic carbocycles. The zero-order chi connectivity index (χ0) is 34.8. The van der Waals surface area contributed by atoms with Crippen LogP contribution in [0, 0.1) is 5.92 Å². The molecule has 1 aliphatic rings. The highest BCUT2D eigenvalue weighted by Gasteiger charge is 2.42. The monoisotopic (exact) mass is 667 g/mol. The minimum atomic E-state index is -2.24. The summed E-state index contributed by atoms with van der Waals surface area (Å²) >= 11 is 0. The van der Waals surface area contributed by atoms with Crippen LogP contribution in [0.3, 0.4) is 0 Å². The molecule has 46 heavy (non-hydrogen) atoms. The molecular formula is C38H61NO5Si2. The predicted octanol–water partition coefficient (Wildman–Crippen LogP) is 10.1. The number of carbonyl (C=O) groups is 2. The minimum absolute atomic E-state index is 0.0331. The van der Waals surface area contributed by atoms with E-state index >= 15 is 0 Å². The van der Waals surface area contributed by atoms with Crippen LogP contribution in [0.25, 0.3) is 0 Å². The van der Waals surface area contributed by atoms with Crippen molar-refractivity contribution < 1.29 is 23.2 Å². The van der Waals surface area contributed by atoms with Gasteiger partial charge in [0.05, 0.1) is 6.10 Å². The highest BCUT2D eigenvalue weighted by atomic mass is 28.4. The molecule has 0 fully saturated rings. The summed E-state index contributed by atoms with van der Waals surface area (Å²) in [7, 11) is -4.36. The van der Waals surface area contributed by atoms with Crippen LogP contribution in [0.4, 0.5) is 0 Å². The van der Waals surface area contributed by atoms with Crippen LogP contribution in [0.15, 0.2) is 66.9 Å². The molecule has 1 aliphatic heterocycles. The summed E-state index contributed by atoms with van der Waals surface area (Å²) in [5.74, 6) is 0.217. The molecule has 0 bridgehead atoms. The van der Waals surface area contributed by atoms with E-state index in [4.69, 9.17) is 13.6 Å². The molecule has 0 aliphatic carbocycles. The lowest BCUT2D eigenvalue weighted by molar-refractivity contribution is -0.115. The quantitative estimate of drug-likeness (QED) is 0.0884. The summed E-state index contributed by atoms with van der Waals surface area (Å²) < 4.78 is 20.1. The van der Waals surface area contributed by atoms with E-state index in [0.29, 0.717) is 30.6 Å². The SMILES string of the molecule is CCC=C/C=C\C(=O)N/C=C/C[C@H]1C[C@@H](O[Si](C)(C)C(C)(C)C)[C@@H](C)C/C=C/Cc2cccc(O[Si](C)(C)C(C)(C)C)c2C(=O)O1. The zero-order valence-corrected chi connectivity index (χ0v) is 32.7. The molecule has 1 N–H and O–H groups in total. The van der Waals surface area contributed by atoms with E-state index in [9.17, 15) is 9.59 Å². The van der Waals surface area contributed by atoms with E-state index in [1.165, 1.54) is 6.08 Å². The van der Waals surface area contributed by atoms with E-state index in [-0.39, 0.29) is 34.0 Å². The predicted molar refractivity (Wildman–Crippen MR) is 197 cm³/mol. The van der Waals surface area contributed by atoms with Crippen LogP contribution < -0.4 is 9.74 Å². The van der Waals surface area contributed by atoms with Crippen LogP contribution in [-0.4, -0.2) is 40.7 Å². The summed E-state index contributed by atoms with van der Waals surface area (Å²) in [6.45, 7) is 26.5. The van der Waals surface area contributed by atoms with Gasteiger partial charge in [-0.2, -0.15) is 0 Å². The number of benzene rings is 1. The van der Waals surface area contributed by atoms with Gasteiger partial charge in [-0.15, -0.1) is 0 Å². The van der Waals surface area contributed by atoms with Crippen molar-refractivity contribution in [3.05, 3.63) is 78.1 Å². The maximum atomic E-state index is 14.2. The third kappa shape index (κ3) is 11.8. The highest BCUT2D eigenvalue weighted by Crippen LogP contribution is 2.41. The lowest BCUT2D eigenvalue weighted by Gasteiger charge is -2.41. The molecular weight excluding hydrogens is 607 g/mol. The van der Waals surface area contributed by atoms with Gasteiger partial charge in [0.1, 0.15) is 17.4 Å². The van der Waals surface area contributed by atoms with E-state index in [2.05, 4.69) is 92.1 Å². The third-order valence-corrected chi connectivity index (χ3v) is 18.5. The highest BCUT2D eigenvalue weighted by molar-refractivity contribution is 6.75. The molecule has 1 heterocycles. The lowest BCUT2D eigenvalue weighted by Crippen LogP contribution is -2.46. The number of carbonyl (C=O) groups excluding carboxylic acids is 2. The lowest BCUT2D eigenvalue weighted by atomic mass is 9.93. The number of esters is 1. The Balaban J connectivity index is 2.50. The summed E-state index contributed by atoms with van der Waals surface area (Å²) in [5, 5.41) is 2.80. The van der Waals surface area contributed by atoms with Crippen molar-refractivity contribution in [2.75, 3.05) is 0 Å². The average Bonchev–Trinajstić information content (AvgIpc) is 2.93. The van der Waals surface area contributed by atoms with Crippen molar-refractivity contribution in [3.8, 4) is 5.75 Å². The Morgan fingerprint density at radius 2 is 1.67 bits per heavy atom. The molecule has 0 aromatic heterocycles. The summed E-state index contributed by atoms with van der Waals surface area (Å²) in [5.41, 5.74) is 1.39. The maximum Gasteiger partial charge on any atom is 0.342 e. The van der Waals surface area contributed by atoms with Gasteiger partial charge in [0.2, 0.25) is 5.91 Å². The van der Waals surface area contributed by atoms with Gasteiger partial charge in [-0.3, -0.25) is 4.79 Å². The van der Waals surface area contributed by atoms with Gasteiger partial charge in [0, 0.05) is 25.1 Å². The van der Waals surface area contributed by atoms with Gasteiger partial charge < -0.3 is 18.9 Å². The van der Waals surface area contributed by atoms with Crippen LogP contribution in [0.1, 0.15) is 97.0 Å². The largest absolute Gasteiger partial charge is 0.543 e. The zero-order valence-electron chi connectivity index (χ0n) is 30.7. The normalized spacial score (nSPS) is 21.5. The summed E-state index contributed by atoms with van der Waals surface area (Å²) in [4.78, 5) is 26.4. The Kier molecular flexibility index (Phi) is 14.5. The van der Waals surface area contributed by atoms with Gasteiger partial charge >= 0.3 is 5.97 Å². The van der Waals surface area contributed by atoms with Crippen LogP contribution >= 0.6 is 0 Å². The van der Waals surface area contributed by atoms with Crippen molar-refractivity contribution in [1.82, 2.24) is 5.32 Å². The average molecular weight is 668 g/mol. The molecule has 0 radical (unpaired) electrons. The molecule has 0 saturated heterocycles. The number of amides is 1. The van der Waals surface area contributed by atoms with Crippen LogP contribution in [-0.2, 0) is 20.4 Å². The fraction of sp³-hybridized carbons (Fsp3) is 0.579. The summed E-state index contributed by atoms with van der Waals surface area (Å²) in [6.07, 6.45) is 17.7. The fourth-order valence-electron chi connectivity index (χ4n) is 4.54. The van der Waals surface area contributed by atoms with Gasteiger partial charge in [0.25, 0.3) is 8.32 Å². The first-order valence-corrected chi connectivity index (χ1v) is 22.7. The topological polar surface area (TPSA) is 73.9 Å².